The lowest BCUT2D eigenvalue weighted by atomic mass is 9.74. The van der Waals surface area contributed by atoms with Gasteiger partial charge in [0.15, 0.2) is 0 Å². The van der Waals surface area contributed by atoms with Crippen LogP contribution in [-0.2, 0) is 11.2 Å². The summed E-state index contributed by atoms with van der Waals surface area (Å²) in [4.78, 5) is 2.53. The summed E-state index contributed by atoms with van der Waals surface area (Å²) in [6.45, 7) is 7.54. The van der Waals surface area contributed by atoms with Crippen LogP contribution in [0.1, 0.15) is 37.3 Å². The van der Waals surface area contributed by atoms with Gasteiger partial charge in [0.2, 0.25) is 0 Å². The molecule has 116 valence electrons. The first-order valence-corrected chi connectivity index (χ1v) is 8.29. The van der Waals surface area contributed by atoms with Crippen LogP contribution in [0.4, 0.5) is 0 Å². The van der Waals surface area contributed by atoms with Crippen LogP contribution in [0.25, 0.3) is 0 Å². The molecular formula is C18H28N2O. The van der Waals surface area contributed by atoms with E-state index in [1.807, 2.05) is 0 Å². The SMILES string of the molecule is CNC(CC1Cc2ccccc21)C1CN(C(C)C)CCO1. The molecule has 0 amide bonds. The van der Waals surface area contributed by atoms with Gasteiger partial charge in [-0.1, -0.05) is 24.3 Å². The number of morpholine rings is 1. The van der Waals surface area contributed by atoms with Gasteiger partial charge in [0.1, 0.15) is 0 Å². The Hall–Kier alpha value is -0.900. The van der Waals surface area contributed by atoms with Crippen LogP contribution in [0.3, 0.4) is 0 Å². The Morgan fingerprint density at radius 3 is 2.86 bits per heavy atom. The minimum absolute atomic E-state index is 0.318. The standard InChI is InChI=1S/C18H28N2O/c1-13(2)20-8-9-21-18(12-20)17(19-3)11-15-10-14-6-4-5-7-16(14)15/h4-7,13,15,17-19H,8-12H2,1-3H3. The van der Waals surface area contributed by atoms with Crippen LogP contribution in [0.2, 0.25) is 0 Å². The highest BCUT2D eigenvalue weighted by atomic mass is 16.5. The summed E-state index contributed by atoms with van der Waals surface area (Å²) in [6, 6.07) is 9.92. The lowest BCUT2D eigenvalue weighted by Crippen LogP contribution is -2.53. The van der Waals surface area contributed by atoms with Crippen LogP contribution in [-0.4, -0.2) is 49.8 Å². The van der Waals surface area contributed by atoms with Gasteiger partial charge in [-0.3, -0.25) is 4.90 Å². The van der Waals surface area contributed by atoms with Crippen molar-refractivity contribution >= 4 is 0 Å². The van der Waals surface area contributed by atoms with Gasteiger partial charge in [0.25, 0.3) is 0 Å². The summed E-state index contributed by atoms with van der Waals surface area (Å²) in [5.74, 6) is 0.705. The summed E-state index contributed by atoms with van der Waals surface area (Å²) in [7, 11) is 2.08. The van der Waals surface area contributed by atoms with Gasteiger partial charge in [0.05, 0.1) is 12.7 Å². The number of rotatable bonds is 5. The first-order valence-electron chi connectivity index (χ1n) is 8.29. The molecule has 2 aliphatic rings. The van der Waals surface area contributed by atoms with Crippen molar-refractivity contribution in [2.45, 2.75) is 50.8 Å². The Labute approximate surface area is 128 Å². The van der Waals surface area contributed by atoms with Crippen LogP contribution < -0.4 is 5.32 Å². The second kappa shape index (κ2) is 6.47. The van der Waals surface area contributed by atoms with E-state index in [9.17, 15) is 0 Å². The lowest BCUT2D eigenvalue weighted by molar-refractivity contribution is -0.0566. The van der Waals surface area contributed by atoms with Gasteiger partial charge < -0.3 is 10.1 Å². The van der Waals surface area contributed by atoms with Crippen LogP contribution >= 0.6 is 0 Å². The summed E-state index contributed by atoms with van der Waals surface area (Å²) in [5.41, 5.74) is 3.08. The predicted octanol–water partition coefficient (Wildman–Crippen LogP) is 2.41. The Kier molecular flexibility index (Phi) is 4.63. The molecule has 1 fully saturated rings. The first-order chi connectivity index (χ1) is 10.2. The van der Waals surface area contributed by atoms with Gasteiger partial charge in [-0.2, -0.15) is 0 Å². The molecule has 1 aromatic rings. The van der Waals surface area contributed by atoms with Gasteiger partial charge >= 0.3 is 0 Å². The number of fused-ring (bicyclic) bond motifs is 1. The topological polar surface area (TPSA) is 24.5 Å². The Morgan fingerprint density at radius 2 is 2.14 bits per heavy atom. The molecule has 1 heterocycles. The zero-order valence-electron chi connectivity index (χ0n) is 13.5. The molecule has 0 bridgehead atoms. The lowest BCUT2D eigenvalue weighted by Gasteiger charge is -2.41. The molecule has 1 saturated heterocycles. The molecule has 3 rings (SSSR count). The number of hydrogen-bond donors (Lipinski definition) is 1. The number of nitrogens with one attached hydrogen (secondary N) is 1. The summed E-state index contributed by atoms with van der Waals surface area (Å²) >= 11 is 0. The van der Waals surface area contributed by atoms with E-state index in [0.717, 1.165) is 19.7 Å². The fourth-order valence-electron chi connectivity index (χ4n) is 3.74. The molecule has 0 aromatic heterocycles. The third-order valence-electron chi connectivity index (χ3n) is 5.17. The smallest absolute Gasteiger partial charge is 0.0855 e. The van der Waals surface area contributed by atoms with E-state index in [0.29, 0.717) is 24.1 Å². The third-order valence-corrected chi connectivity index (χ3v) is 5.17. The third kappa shape index (κ3) is 3.15. The van der Waals surface area contributed by atoms with Gasteiger partial charge in [-0.05, 0) is 50.8 Å². The van der Waals surface area contributed by atoms with Crippen molar-refractivity contribution in [2.75, 3.05) is 26.7 Å². The Balaban J connectivity index is 1.61. The molecule has 0 spiro atoms. The highest BCUT2D eigenvalue weighted by Gasteiger charge is 2.33. The van der Waals surface area contributed by atoms with Crippen molar-refractivity contribution in [1.29, 1.82) is 0 Å². The monoisotopic (exact) mass is 288 g/mol. The number of benzene rings is 1. The average molecular weight is 288 g/mol. The zero-order chi connectivity index (χ0) is 14.8. The van der Waals surface area contributed by atoms with Crippen molar-refractivity contribution in [1.82, 2.24) is 10.2 Å². The van der Waals surface area contributed by atoms with Gasteiger partial charge in [-0.25, -0.2) is 0 Å². The van der Waals surface area contributed by atoms with E-state index < -0.39 is 0 Å². The molecule has 1 aliphatic carbocycles. The summed E-state index contributed by atoms with van der Waals surface area (Å²) < 4.78 is 6.06. The van der Waals surface area contributed by atoms with E-state index in [1.165, 1.54) is 18.4 Å². The first kappa shape index (κ1) is 15.0. The van der Waals surface area contributed by atoms with Crippen molar-refractivity contribution in [2.24, 2.45) is 0 Å². The second-order valence-corrected chi connectivity index (χ2v) is 6.73. The molecular weight excluding hydrogens is 260 g/mol. The van der Waals surface area contributed by atoms with Crippen molar-refractivity contribution in [3.05, 3.63) is 35.4 Å². The van der Waals surface area contributed by atoms with E-state index in [-0.39, 0.29) is 0 Å². The molecule has 3 atom stereocenters. The highest BCUT2D eigenvalue weighted by Crippen LogP contribution is 2.38. The number of ether oxygens (including phenoxy) is 1. The molecule has 3 unspecified atom stereocenters. The normalized spacial score (nSPS) is 27.2. The molecule has 1 aliphatic heterocycles. The molecule has 3 heteroatoms. The van der Waals surface area contributed by atoms with E-state index in [1.54, 1.807) is 5.56 Å². The fourth-order valence-corrected chi connectivity index (χ4v) is 3.74. The quantitative estimate of drug-likeness (QED) is 0.900. The van der Waals surface area contributed by atoms with Gasteiger partial charge in [-0.15, -0.1) is 0 Å². The summed E-state index contributed by atoms with van der Waals surface area (Å²) in [5, 5.41) is 3.51. The molecule has 1 N–H and O–H groups in total. The van der Waals surface area contributed by atoms with E-state index in [4.69, 9.17) is 4.74 Å². The van der Waals surface area contributed by atoms with Crippen LogP contribution in [0.5, 0.6) is 0 Å². The molecule has 21 heavy (non-hydrogen) atoms. The Morgan fingerprint density at radius 1 is 1.33 bits per heavy atom. The molecule has 1 aromatic carbocycles. The maximum absolute atomic E-state index is 6.06. The fraction of sp³-hybridized carbons (Fsp3) is 0.667. The second-order valence-electron chi connectivity index (χ2n) is 6.73. The van der Waals surface area contributed by atoms with Crippen LogP contribution in [0.15, 0.2) is 24.3 Å². The largest absolute Gasteiger partial charge is 0.374 e. The molecule has 3 nitrogen and oxygen atoms in total. The average Bonchev–Trinajstić information content (AvgIpc) is 2.49. The van der Waals surface area contributed by atoms with Crippen LogP contribution in [0, 0.1) is 0 Å². The maximum atomic E-state index is 6.06. The van der Waals surface area contributed by atoms with Gasteiger partial charge in [0, 0.05) is 25.2 Å². The molecule has 0 radical (unpaired) electrons. The van der Waals surface area contributed by atoms with Crippen molar-refractivity contribution in [3.8, 4) is 0 Å². The highest BCUT2D eigenvalue weighted by molar-refractivity contribution is 5.40. The minimum atomic E-state index is 0.318. The summed E-state index contributed by atoms with van der Waals surface area (Å²) in [6.07, 6.45) is 2.73. The van der Waals surface area contributed by atoms with E-state index >= 15 is 0 Å². The van der Waals surface area contributed by atoms with E-state index in [2.05, 4.69) is 55.4 Å². The maximum Gasteiger partial charge on any atom is 0.0855 e. The Bertz CT molecular complexity index is 474. The zero-order valence-corrected chi connectivity index (χ0v) is 13.5. The molecule has 0 saturated carbocycles. The number of hydrogen-bond acceptors (Lipinski definition) is 3. The van der Waals surface area contributed by atoms with Crippen molar-refractivity contribution < 1.29 is 4.74 Å². The number of nitrogens with zero attached hydrogens (tertiary/aromatic N) is 1. The van der Waals surface area contributed by atoms with Crippen molar-refractivity contribution in [3.63, 3.8) is 0 Å². The minimum Gasteiger partial charge on any atom is -0.374 e. The number of likely N-dealkylation sites (N-methyl/N-ethyl adjacent to an activating group) is 1. The predicted molar refractivity (Wildman–Crippen MR) is 86.8 cm³/mol.